The van der Waals surface area contributed by atoms with Crippen molar-refractivity contribution in [3.63, 3.8) is 0 Å². The summed E-state index contributed by atoms with van der Waals surface area (Å²) in [6.45, 7) is 1.87. The number of rotatable bonds is 4. The van der Waals surface area contributed by atoms with Gasteiger partial charge in [0.1, 0.15) is 17.1 Å². The van der Waals surface area contributed by atoms with E-state index in [0.29, 0.717) is 12.8 Å². The molecule has 1 fully saturated rings. The number of hydrogen-bond donors (Lipinski definition) is 0. The van der Waals surface area contributed by atoms with E-state index in [2.05, 4.69) is 0 Å². The van der Waals surface area contributed by atoms with E-state index in [1.807, 2.05) is 43.3 Å². The minimum atomic E-state index is -1.03. The monoisotopic (exact) mass is 391 g/mol. The lowest BCUT2D eigenvalue weighted by molar-refractivity contribution is -0.157. The van der Waals surface area contributed by atoms with Gasteiger partial charge in [-0.1, -0.05) is 43.3 Å². The first-order valence-corrected chi connectivity index (χ1v) is 9.36. The van der Waals surface area contributed by atoms with Crippen molar-refractivity contribution in [2.45, 2.75) is 25.3 Å². The second-order valence-corrected chi connectivity index (χ2v) is 7.12. The highest BCUT2D eigenvalue weighted by Gasteiger charge is 2.50. The van der Waals surface area contributed by atoms with Crippen LogP contribution in [0.25, 0.3) is 6.08 Å². The van der Waals surface area contributed by atoms with Crippen molar-refractivity contribution >= 4 is 17.9 Å². The molecule has 2 aromatic carbocycles. The van der Waals surface area contributed by atoms with Crippen LogP contribution in [0.5, 0.6) is 0 Å². The highest BCUT2D eigenvalue weighted by atomic mass is 19.1. The molecule has 6 heteroatoms. The maximum atomic E-state index is 14.3. The molecule has 0 aromatic heterocycles. The molecule has 1 saturated heterocycles. The van der Waals surface area contributed by atoms with E-state index >= 15 is 0 Å². The molecule has 1 aliphatic heterocycles. The van der Waals surface area contributed by atoms with Crippen molar-refractivity contribution in [2.75, 3.05) is 14.1 Å². The molecule has 1 unspecified atom stereocenters. The van der Waals surface area contributed by atoms with Gasteiger partial charge in [-0.15, -0.1) is 0 Å². The minimum Gasteiger partial charge on any atom is -0.325 e. The van der Waals surface area contributed by atoms with Crippen LogP contribution in [-0.2, 0) is 16.0 Å². The number of likely N-dealkylation sites (N-methyl/N-ethyl adjacent to an activating group) is 2. The lowest BCUT2D eigenvalue weighted by Crippen LogP contribution is -2.65. The maximum absolute atomic E-state index is 14.3. The predicted octanol–water partition coefficient (Wildman–Crippen LogP) is 3.36. The van der Waals surface area contributed by atoms with Gasteiger partial charge in [0.2, 0.25) is 0 Å². The van der Waals surface area contributed by atoms with Gasteiger partial charge in [0, 0.05) is 26.1 Å². The van der Waals surface area contributed by atoms with Gasteiger partial charge in [-0.25, -0.2) is 4.39 Å². The molecule has 0 bridgehead atoms. The normalized spacial score (nSPS) is 20.9. The number of nitriles is 1. The van der Waals surface area contributed by atoms with Crippen LogP contribution in [0.2, 0.25) is 0 Å². The smallest absolute Gasteiger partial charge is 0.271 e. The summed E-state index contributed by atoms with van der Waals surface area (Å²) in [5.74, 6) is -1.26. The Kier molecular flexibility index (Phi) is 5.51. The molecule has 0 spiro atoms. The first kappa shape index (κ1) is 20.3. The van der Waals surface area contributed by atoms with E-state index < -0.39 is 17.3 Å². The van der Waals surface area contributed by atoms with Crippen LogP contribution in [0.4, 0.5) is 4.39 Å². The molecular weight excluding hydrogens is 369 g/mol. The molecule has 29 heavy (non-hydrogen) atoms. The standard InChI is InChI=1S/C23H22FN3O2/c1-4-23(14-16-9-6-5-7-10-16)22(29)26(2)20(21(28)27(23)3)13-18-17(15-25)11-8-12-19(18)24/h5-13H,4,14H2,1-3H3. The lowest BCUT2D eigenvalue weighted by Gasteiger charge is -2.47. The van der Waals surface area contributed by atoms with E-state index in [0.717, 1.165) is 5.56 Å². The minimum absolute atomic E-state index is 0.00143. The predicted molar refractivity (Wildman–Crippen MR) is 108 cm³/mol. The second-order valence-electron chi connectivity index (χ2n) is 7.12. The van der Waals surface area contributed by atoms with E-state index in [1.54, 1.807) is 7.05 Å². The van der Waals surface area contributed by atoms with Crippen LogP contribution in [0, 0.1) is 17.1 Å². The summed E-state index contributed by atoms with van der Waals surface area (Å²) in [4.78, 5) is 29.4. The fraction of sp³-hybridized carbons (Fsp3) is 0.261. The van der Waals surface area contributed by atoms with E-state index in [4.69, 9.17) is 0 Å². The topological polar surface area (TPSA) is 64.4 Å². The third-order valence-corrected chi connectivity index (χ3v) is 5.61. The third-order valence-electron chi connectivity index (χ3n) is 5.61. The van der Waals surface area contributed by atoms with Crippen molar-refractivity contribution in [1.82, 2.24) is 9.80 Å². The molecule has 0 aliphatic carbocycles. The first-order chi connectivity index (χ1) is 13.9. The molecule has 0 saturated carbocycles. The largest absolute Gasteiger partial charge is 0.325 e. The molecule has 1 aliphatic rings. The first-order valence-electron chi connectivity index (χ1n) is 9.36. The summed E-state index contributed by atoms with van der Waals surface area (Å²) >= 11 is 0. The zero-order chi connectivity index (χ0) is 21.2. The lowest BCUT2D eigenvalue weighted by atomic mass is 9.82. The quantitative estimate of drug-likeness (QED) is 0.751. The highest BCUT2D eigenvalue weighted by Crippen LogP contribution is 2.34. The second kappa shape index (κ2) is 7.88. The van der Waals surface area contributed by atoms with Crippen LogP contribution in [0.15, 0.2) is 54.2 Å². The highest BCUT2D eigenvalue weighted by molar-refractivity contribution is 6.09. The van der Waals surface area contributed by atoms with Crippen LogP contribution in [-0.4, -0.2) is 41.2 Å². The molecule has 148 valence electrons. The third kappa shape index (κ3) is 3.40. The van der Waals surface area contributed by atoms with Crippen molar-refractivity contribution in [3.8, 4) is 6.07 Å². The number of halogens is 1. The van der Waals surface area contributed by atoms with Gasteiger partial charge in [0.15, 0.2) is 0 Å². The summed E-state index contributed by atoms with van der Waals surface area (Å²) in [5, 5.41) is 9.27. The van der Waals surface area contributed by atoms with Gasteiger partial charge in [-0.2, -0.15) is 5.26 Å². The molecule has 0 radical (unpaired) electrons. The molecule has 2 amide bonds. The fourth-order valence-corrected chi connectivity index (χ4v) is 3.79. The van der Waals surface area contributed by atoms with Crippen LogP contribution in [0.1, 0.15) is 30.0 Å². The van der Waals surface area contributed by atoms with Gasteiger partial charge in [-0.3, -0.25) is 9.59 Å². The Hall–Kier alpha value is -3.46. The summed E-state index contributed by atoms with van der Waals surface area (Å²) in [6.07, 6.45) is 2.10. The molecule has 3 rings (SSSR count). The zero-order valence-corrected chi connectivity index (χ0v) is 16.6. The number of hydrogen-bond acceptors (Lipinski definition) is 3. The maximum Gasteiger partial charge on any atom is 0.271 e. The molecule has 1 atom stereocenters. The molecule has 5 nitrogen and oxygen atoms in total. The van der Waals surface area contributed by atoms with Crippen LogP contribution < -0.4 is 0 Å². The Balaban J connectivity index is 2.07. The Morgan fingerprint density at radius 1 is 1.10 bits per heavy atom. The van der Waals surface area contributed by atoms with E-state index in [-0.39, 0.29) is 22.7 Å². The SMILES string of the molecule is CCC1(Cc2ccccc2)C(=O)N(C)C(=Cc2c(F)cccc2C#N)C(=O)N1C. The molecule has 2 aromatic rings. The Morgan fingerprint density at radius 3 is 2.41 bits per heavy atom. The molecular formula is C23H22FN3O2. The number of carbonyl (C=O) groups excluding carboxylic acids is 2. The summed E-state index contributed by atoms with van der Waals surface area (Å²) in [6, 6.07) is 15.6. The average Bonchev–Trinajstić information content (AvgIpc) is 2.74. The Bertz CT molecular complexity index is 1030. The van der Waals surface area contributed by atoms with Crippen molar-refractivity contribution < 1.29 is 14.0 Å². The Morgan fingerprint density at radius 2 is 1.79 bits per heavy atom. The summed E-state index contributed by atoms with van der Waals surface area (Å²) in [7, 11) is 3.11. The molecule has 0 N–H and O–H groups in total. The number of benzene rings is 2. The van der Waals surface area contributed by atoms with Gasteiger partial charge in [0.25, 0.3) is 11.8 Å². The van der Waals surface area contributed by atoms with E-state index in [1.165, 1.54) is 41.1 Å². The van der Waals surface area contributed by atoms with Gasteiger partial charge < -0.3 is 9.80 Å². The van der Waals surface area contributed by atoms with Crippen LogP contribution >= 0.6 is 0 Å². The number of piperazine rings is 1. The fourth-order valence-electron chi connectivity index (χ4n) is 3.79. The van der Waals surface area contributed by atoms with Crippen molar-refractivity contribution in [2.24, 2.45) is 0 Å². The van der Waals surface area contributed by atoms with Gasteiger partial charge in [0.05, 0.1) is 11.6 Å². The van der Waals surface area contributed by atoms with Crippen molar-refractivity contribution in [1.29, 1.82) is 5.26 Å². The van der Waals surface area contributed by atoms with Gasteiger partial charge in [-0.05, 0) is 30.2 Å². The average molecular weight is 391 g/mol. The van der Waals surface area contributed by atoms with Crippen molar-refractivity contribution in [3.05, 3.63) is 76.7 Å². The summed E-state index contributed by atoms with van der Waals surface area (Å²) in [5.41, 5.74) is 0.0572. The zero-order valence-electron chi connectivity index (χ0n) is 16.6. The Labute approximate surface area is 169 Å². The molecule has 1 heterocycles. The van der Waals surface area contributed by atoms with Crippen LogP contribution in [0.3, 0.4) is 0 Å². The van der Waals surface area contributed by atoms with Gasteiger partial charge >= 0.3 is 0 Å². The van der Waals surface area contributed by atoms with E-state index in [9.17, 15) is 19.2 Å². The number of amides is 2. The summed E-state index contributed by atoms with van der Waals surface area (Å²) < 4.78 is 14.3. The number of nitrogens with zero attached hydrogens (tertiary/aromatic N) is 3. The number of carbonyl (C=O) groups is 2.